The fourth-order valence-electron chi connectivity index (χ4n) is 1.11. The van der Waals surface area contributed by atoms with Gasteiger partial charge in [-0.05, 0) is 13.8 Å². The molecule has 0 fully saturated rings. The molecule has 4 N–H and O–H groups in total. The van der Waals surface area contributed by atoms with Crippen LogP contribution in [0.1, 0.15) is 20.3 Å². The van der Waals surface area contributed by atoms with E-state index in [-0.39, 0.29) is 24.8 Å². The third kappa shape index (κ3) is 7.42. The van der Waals surface area contributed by atoms with E-state index >= 15 is 0 Å². The molecule has 0 heterocycles. The smallest absolute Gasteiger partial charge is 0.388 e. The number of nitrogens with zero attached hydrogens (tertiary/aromatic N) is 1. The Morgan fingerprint density at radius 3 is 2.35 bits per heavy atom. The Morgan fingerprint density at radius 1 is 1.47 bits per heavy atom. The lowest BCUT2D eigenvalue weighted by Crippen LogP contribution is -2.47. The number of amides is 2. The predicted molar refractivity (Wildman–Crippen MR) is 57.8 cm³/mol. The molecule has 0 saturated carbocycles. The first-order chi connectivity index (χ1) is 7.63. The van der Waals surface area contributed by atoms with Gasteiger partial charge in [0.05, 0.1) is 5.84 Å². The van der Waals surface area contributed by atoms with Gasteiger partial charge in [0.15, 0.2) is 0 Å². The Labute approximate surface area is 97.7 Å². The summed E-state index contributed by atoms with van der Waals surface area (Å²) >= 11 is 0. The van der Waals surface area contributed by atoms with Gasteiger partial charge in [0.2, 0.25) is 0 Å². The number of nitrogens with two attached hydrogens (primary N) is 1. The summed E-state index contributed by atoms with van der Waals surface area (Å²) in [7, 11) is 0. The summed E-state index contributed by atoms with van der Waals surface area (Å²) in [5.41, 5.74) is 5.13. The third-order valence-corrected chi connectivity index (χ3v) is 1.95. The molecule has 0 saturated heterocycles. The van der Waals surface area contributed by atoms with E-state index in [9.17, 15) is 18.0 Å². The minimum atomic E-state index is -4.43. The average molecular weight is 254 g/mol. The van der Waals surface area contributed by atoms with Crippen molar-refractivity contribution in [2.24, 2.45) is 5.73 Å². The Bertz CT molecular complexity index is 278. The number of alkyl halides is 3. The lowest BCUT2D eigenvalue weighted by molar-refractivity contribution is -0.123. The Hall–Kier alpha value is -1.47. The first-order valence-corrected chi connectivity index (χ1v) is 5.07. The molecular formula is C9H17F3N4O. The van der Waals surface area contributed by atoms with Gasteiger partial charge in [-0.3, -0.25) is 5.41 Å². The molecular weight excluding hydrogens is 237 g/mol. The highest BCUT2D eigenvalue weighted by Crippen LogP contribution is 2.12. The summed E-state index contributed by atoms with van der Waals surface area (Å²) in [6.45, 7) is 2.10. The van der Waals surface area contributed by atoms with Gasteiger partial charge in [-0.15, -0.1) is 0 Å². The summed E-state index contributed by atoms with van der Waals surface area (Å²) < 4.78 is 35.7. The summed E-state index contributed by atoms with van der Waals surface area (Å²) in [5.74, 6) is -0.112. The number of hydrogen-bond donors (Lipinski definition) is 3. The van der Waals surface area contributed by atoms with E-state index in [1.807, 2.05) is 0 Å². The summed E-state index contributed by atoms with van der Waals surface area (Å²) in [4.78, 5) is 12.6. The molecule has 0 aromatic carbocycles. The average Bonchev–Trinajstić information content (AvgIpc) is 2.12. The van der Waals surface area contributed by atoms with Gasteiger partial charge in [-0.2, -0.15) is 13.2 Å². The fourth-order valence-corrected chi connectivity index (χ4v) is 1.11. The van der Waals surface area contributed by atoms with E-state index in [1.165, 1.54) is 4.90 Å². The van der Waals surface area contributed by atoms with Crippen molar-refractivity contribution in [1.29, 1.82) is 5.41 Å². The van der Waals surface area contributed by atoms with Gasteiger partial charge in [-0.1, -0.05) is 0 Å². The maximum Gasteiger partial charge on any atom is 0.405 e. The van der Waals surface area contributed by atoms with E-state index in [0.29, 0.717) is 0 Å². The van der Waals surface area contributed by atoms with Crippen molar-refractivity contribution in [2.75, 3.05) is 13.1 Å². The van der Waals surface area contributed by atoms with Crippen molar-refractivity contribution >= 4 is 11.9 Å². The number of urea groups is 1. The SMILES string of the molecule is CC(C)N(CCC(=N)N)C(=O)NCC(F)(F)F. The van der Waals surface area contributed by atoms with E-state index in [2.05, 4.69) is 0 Å². The van der Waals surface area contributed by atoms with Crippen LogP contribution in [0.2, 0.25) is 0 Å². The first-order valence-electron chi connectivity index (χ1n) is 5.07. The van der Waals surface area contributed by atoms with Gasteiger partial charge >= 0.3 is 12.2 Å². The highest BCUT2D eigenvalue weighted by atomic mass is 19.4. The molecule has 0 radical (unpaired) electrons. The van der Waals surface area contributed by atoms with Crippen LogP contribution >= 0.6 is 0 Å². The molecule has 0 atom stereocenters. The summed E-state index contributed by atoms with van der Waals surface area (Å²) in [6, 6.07) is -1.07. The topological polar surface area (TPSA) is 82.2 Å². The molecule has 5 nitrogen and oxygen atoms in total. The molecule has 0 aliphatic rings. The Morgan fingerprint density at radius 2 is 2.00 bits per heavy atom. The summed E-state index contributed by atoms with van der Waals surface area (Å²) in [5, 5.41) is 8.79. The standard InChI is InChI=1S/C9H17F3N4O/c1-6(2)16(4-3-7(13)14)8(17)15-5-9(10,11)12/h6H,3-5H2,1-2H3,(H3,13,14)(H,15,17). The Balaban J connectivity index is 4.30. The molecule has 2 amide bonds. The number of rotatable bonds is 5. The summed E-state index contributed by atoms with van der Waals surface area (Å²) in [6.07, 6.45) is -4.30. The molecule has 0 aromatic heterocycles. The van der Waals surface area contributed by atoms with Gasteiger partial charge in [0.1, 0.15) is 6.54 Å². The van der Waals surface area contributed by atoms with Gasteiger partial charge in [0, 0.05) is 19.0 Å². The molecule has 17 heavy (non-hydrogen) atoms. The zero-order chi connectivity index (χ0) is 13.6. The third-order valence-electron chi connectivity index (χ3n) is 1.95. The second kappa shape index (κ2) is 6.31. The van der Waals surface area contributed by atoms with Crippen LogP contribution in [0.15, 0.2) is 0 Å². The van der Waals surface area contributed by atoms with Crippen molar-refractivity contribution in [3.63, 3.8) is 0 Å². The quantitative estimate of drug-likeness (QED) is 0.510. The van der Waals surface area contributed by atoms with Crippen LogP contribution in [-0.2, 0) is 0 Å². The zero-order valence-electron chi connectivity index (χ0n) is 9.77. The number of halogens is 3. The van der Waals surface area contributed by atoms with E-state index in [4.69, 9.17) is 11.1 Å². The van der Waals surface area contributed by atoms with Gasteiger partial charge < -0.3 is 16.0 Å². The lowest BCUT2D eigenvalue weighted by atomic mass is 10.3. The van der Waals surface area contributed by atoms with Crippen molar-refractivity contribution in [1.82, 2.24) is 10.2 Å². The number of carbonyl (C=O) groups is 1. The van der Waals surface area contributed by atoms with Gasteiger partial charge in [-0.25, -0.2) is 4.79 Å². The van der Waals surface area contributed by atoms with Crippen molar-refractivity contribution in [3.8, 4) is 0 Å². The van der Waals surface area contributed by atoms with Crippen LogP contribution in [0.3, 0.4) is 0 Å². The number of amidine groups is 1. The minimum absolute atomic E-state index is 0.112. The molecule has 8 heteroatoms. The highest BCUT2D eigenvalue weighted by molar-refractivity contribution is 5.79. The normalized spacial score (nSPS) is 11.4. The largest absolute Gasteiger partial charge is 0.405 e. The minimum Gasteiger partial charge on any atom is -0.388 e. The predicted octanol–water partition coefficient (Wildman–Crippen LogP) is 1.29. The Kier molecular flexibility index (Phi) is 5.77. The number of nitrogens with one attached hydrogen (secondary N) is 2. The molecule has 100 valence electrons. The molecule has 0 aromatic rings. The number of hydrogen-bond acceptors (Lipinski definition) is 2. The van der Waals surface area contributed by atoms with Crippen molar-refractivity contribution in [3.05, 3.63) is 0 Å². The zero-order valence-corrected chi connectivity index (χ0v) is 9.77. The van der Waals surface area contributed by atoms with Crippen LogP contribution in [0.5, 0.6) is 0 Å². The number of carbonyl (C=O) groups excluding carboxylic acids is 1. The van der Waals surface area contributed by atoms with E-state index < -0.39 is 18.8 Å². The lowest BCUT2D eigenvalue weighted by Gasteiger charge is -2.27. The second-order valence-corrected chi connectivity index (χ2v) is 3.84. The van der Waals surface area contributed by atoms with Crippen LogP contribution in [0.25, 0.3) is 0 Å². The first kappa shape index (κ1) is 15.5. The van der Waals surface area contributed by atoms with Crippen LogP contribution in [-0.4, -0.2) is 42.1 Å². The molecule has 0 aliphatic heterocycles. The van der Waals surface area contributed by atoms with Gasteiger partial charge in [0.25, 0.3) is 0 Å². The molecule has 0 aliphatic carbocycles. The second-order valence-electron chi connectivity index (χ2n) is 3.84. The molecule has 0 spiro atoms. The van der Waals surface area contributed by atoms with E-state index in [1.54, 1.807) is 19.2 Å². The maximum atomic E-state index is 11.9. The molecule has 0 bridgehead atoms. The monoisotopic (exact) mass is 254 g/mol. The molecule has 0 unspecified atom stereocenters. The van der Waals surface area contributed by atoms with Crippen LogP contribution < -0.4 is 11.1 Å². The van der Waals surface area contributed by atoms with Crippen LogP contribution in [0.4, 0.5) is 18.0 Å². The van der Waals surface area contributed by atoms with E-state index in [0.717, 1.165) is 0 Å². The molecule has 0 rings (SSSR count). The highest BCUT2D eigenvalue weighted by Gasteiger charge is 2.29. The maximum absolute atomic E-state index is 11.9. The fraction of sp³-hybridized carbons (Fsp3) is 0.778. The van der Waals surface area contributed by atoms with Crippen molar-refractivity contribution < 1.29 is 18.0 Å². The van der Waals surface area contributed by atoms with Crippen molar-refractivity contribution in [2.45, 2.75) is 32.5 Å². The van der Waals surface area contributed by atoms with Crippen LogP contribution in [0, 0.1) is 5.41 Å².